The zero-order valence-corrected chi connectivity index (χ0v) is 22.9. The van der Waals surface area contributed by atoms with Crippen LogP contribution in [-0.2, 0) is 16.6 Å². The molecular formula is C30H26N4O5S. The van der Waals surface area contributed by atoms with Gasteiger partial charge in [0.15, 0.2) is 17.2 Å². The summed E-state index contributed by atoms with van der Waals surface area (Å²) in [5.41, 5.74) is 3.05. The highest BCUT2D eigenvalue weighted by molar-refractivity contribution is 7.92. The zero-order valence-electron chi connectivity index (χ0n) is 22.1. The summed E-state index contributed by atoms with van der Waals surface area (Å²) < 4.78 is 35.4. The van der Waals surface area contributed by atoms with E-state index in [0.29, 0.717) is 40.3 Å². The highest BCUT2D eigenvalue weighted by Crippen LogP contribution is 2.34. The Balaban J connectivity index is 1.66. The topological polar surface area (TPSA) is 120 Å². The third-order valence-electron chi connectivity index (χ3n) is 6.43. The van der Waals surface area contributed by atoms with E-state index in [9.17, 15) is 18.0 Å². The van der Waals surface area contributed by atoms with Gasteiger partial charge < -0.3 is 4.74 Å². The number of nitrogens with one attached hydrogen (secondary N) is 1. The fourth-order valence-electron chi connectivity index (χ4n) is 4.53. The van der Waals surface area contributed by atoms with E-state index in [2.05, 4.69) is 9.71 Å². The average Bonchev–Trinajstić information content (AvgIpc) is 3.31. The van der Waals surface area contributed by atoms with Crippen molar-refractivity contribution in [1.82, 2.24) is 14.8 Å². The molecule has 40 heavy (non-hydrogen) atoms. The van der Waals surface area contributed by atoms with Crippen molar-refractivity contribution in [2.24, 2.45) is 0 Å². The molecule has 0 aliphatic heterocycles. The van der Waals surface area contributed by atoms with Crippen molar-refractivity contribution in [1.29, 1.82) is 0 Å². The second-order valence-corrected chi connectivity index (χ2v) is 10.9. The van der Waals surface area contributed by atoms with E-state index in [1.807, 2.05) is 24.3 Å². The molecule has 0 radical (unpaired) electrons. The van der Waals surface area contributed by atoms with Crippen molar-refractivity contribution < 1.29 is 22.7 Å². The Morgan fingerprint density at radius 3 is 2.30 bits per heavy atom. The second kappa shape index (κ2) is 10.7. The van der Waals surface area contributed by atoms with Gasteiger partial charge in [-0.1, -0.05) is 42.5 Å². The van der Waals surface area contributed by atoms with Crippen molar-refractivity contribution in [2.45, 2.75) is 25.3 Å². The lowest BCUT2D eigenvalue weighted by atomic mass is 9.97. The molecule has 2 heterocycles. The molecule has 0 saturated heterocycles. The van der Waals surface area contributed by atoms with Gasteiger partial charge in [-0.05, 0) is 55.8 Å². The summed E-state index contributed by atoms with van der Waals surface area (Å²) >= 11 is 0. The van der Waals surface area contributed by atoms with Gasteiger partial charge in [0, 0.05) is 28.6 Å². The monoisotopic (exact) mass is 554 g/mol. The molecule has 0 spiro atoms. The number of ether oxygens (including phenoxy) is 1. The van der Waals surface area contributed by atoms with E-state index >= 15 is 0 Å². The number of methoxy groups -OCH3 is 1. The second-order valence-electron chi connectivity index (χ2n) is 9.21. The van der Waals surface area contributed by atoms with Crippen molar-refractivity contribution in [2.75, 3.05) is 11.8 Å². The van der Waals surface area contributed by atoms with Crippen LogP contribution in [-0.4, -0.2) is 41.9 Å². The normalized spacial score (nSPS) is 11.4. The number of Topliss-reactive ketones (excluding diaryl/α,β-unsaturated/α-hetero) is 2. The Labute approximate surface area is 231 Å². The maximum absolute atomic E-state index is 12.9. The first-order chi connectivity index (χ1) is 19.2. The van der Waals surface area contributed by atoms with Crippen molar-refractivity contribution in [3.63, 3.8) is 0 Å². The van der Waals surface area contributed by atoms with E-state index < -0.39 is 10.0 Å². The smallest absolute Gasteiger partial charge is 0.261 e. The van der Waals surface area contributed by atoms with E-state index in [0.717, 1.165) is 5.56 Å². The Hall–Kier alpha value is -4.83. The summed E-state index contributed by atoms with van der Waals surface area (Å²) in [4.78, 5) is 30.0. The molecule has 0 aliphatic carbocycles. The molecule has 0 unspecified atom stereocenters. The number of carbonyl (C=O) groups is 2. The van der Waals surface area contributed by atoms with E-state index in [1.165, 1.54) is 32.2 Å². The molecular weight excluding hydrogens is 528 g/mol. The van der Waals surface area contributed by atoms with Crippen molar-refractivity contribution in [3.05, 3.63) is 102 Å². The summed E-state index contributed by atoms with van der Waals surface area (Å²) in [5.74, 6) is 0.120. The predicted molar refractivity (Wildman–Crippen MR) is 152 cm³/mol. The van der Waals surface area contributed by atoms with Crippen LogP contribution in [0.1, 0.15) is 40.1 Å². The fraction of sp³-hybridized carbons (Fsp3) is 0.133. The van der Waals surface area contributed by atoms with Crippen molar-refractivity contribution in [3.8, 4) is 17.0 Å². The van der Waals surface area contributed by atoms with E-state index in [1.54, 1.807) is 54.3 Å². The van der Waals surface area contributed by atoms with Crippen LogP contribution in [0.15, 0.2) is 90.0 Å². The van der Waals surface area contributed by atoms with Crippen molar-refractivity contribution >= 4 is 38.3 Å². The molecule has 10 heteroatoms. The number of rotatable bonds is 9. The van der Waals surface area contributed by atoms with Gasteiger partial charge in [0.05, 0.1) is 23.9 Å². The standard InChI is InChI=1S/C30H26N4O5S/c1-19(35)26-17-31-30-28(27(26)20(2)36)29(32-34(30)18-21-12-14-24(39-3)15-13-21)22-8-7-9-23(16-22)33-40(37,38)25-10-5-4-6-11-25/h4-17,33H,18H2,1-3H3. The minimum Gasteiger partial charge on any atom is -0.497 e. The average molecular weight is 555 g/mol. The number of hydrogen-bond donors (Lipinski definition) is 1. The maximum Gasteiger partial charge on any atom is 0.261 e. The number of anilines is 1. The Kier molecular flexibility index (Phi) is 7.19. The lowest BCUT2D eigenvalue weighted by molar-refractivity contribution is 0.0981. The molecule has 202 valence electrons. The van der Waals surface area contributed by atoms with E-state index in [-0.39, 0.29) is 27.6 Å². The quantitative estimate of drug-likeness (QED) is 0.244. The van der Waals surface area contributed by atoms with Gasteiger partial charge in [0.2, 0.25) is 0 Å². The van der Waals surface area contributed by atoms with Gasteiger partial charge in [-0.25, -0.2) is 18.1 Å². The predicted octanol–water partition coefficient (Wildman–Crippen LogP) is 5.36. The van der Waals surface area contributed by atoms with Crippen LogP contribution in [0.3, 0.4) is 0 Å². The van der Waals surface area contributed by atoms with Crippen LogP contribution in [0.4, 0.5) is 5.69 Å². The van der Waals surface area contributed by atoms with Crippen LogP contribution in [0.5, 0.6) is 5.75 Å². The largest absolute Gasteiger partial charge is 0.497 e. The Morgan fingerprint density at radius 2 is 1.65 bits per heavy atom. The van der Waals surface area contributed by atoms with Gasteiger partial charge >= 0.3 is 0 Å². The first-order valence-corrected chi connectivity index (χ1v) is 13.9. The number of pyridine rings is 1. The number of aromatic nitrogens is 3. The van der Waals surface area contributed by atoms with Crippen LogP contribution in [0.2, 0.25) is 0 Å². The number of fused-ring (bicyclic) bond motifs is 1. The molecule has 0 amide bonds. The van der Waals surface area contributed by atoms with Gasteiger partial charge in [0.1, 0.15) is 11.4 Å². The molecule has 0 fully saturated rings. The molecule has 1 N–H and O–H groups in total. The summed E-state index contributed by atoms with van der Waals surface area (Å²) in [6, 6.07) is 22.3. The van der Waals surface area contributed by atoms with Crippen LogP contribution in [0, 0.1) is 0 Å². The number of carbonyl (C=O) groups excluding carboxylic acids is 2. The first-order valence-electron chi connectivity index (χ1n) is 12.4. The summed E-state index contributed by atoms with van der Waals surface area (Å²) in [5, 5.41) is 5.25. The molecule has 3 aromatic carbocycles. The minimum absolute atomic E-state index is 0.129. The van der Waals surface area contributed by atoms with Crippen LogP contribution >= 0.6 is 0 Å². The lowest BCUT2D eigenvalue weighted by Crippen LogP contribution is -2.12. The molecule has 9 nitrogen and oxygen atoms in total. The minimum atomic E-state index is -3.83. The number of sulfonamides is 1. The summed E-state index contributed by atoms with van der Waals surface area (Å²) in [6.45, 7) is 3.12. The van der Waals surface area contributed by atoms with Crippen LogP contribution < -0.4 is 9.46 Å². The maximum atomic E-state index is 12.9. The molecule has 0 aliphatic rings. The third kappa shape index (κ3) is 5.21. The highest BCUT2D eigenvalue weighted by Gasteiger charge is 2.24. The van der Waals surface area contributed by atoms with Gasteiger partial charge in [0.25, 0.3) is 10.0 Å². The van der Waals surface area contributed by atoms with Gasteiger partial charge in [-0.15, -0.1) is 0 Å². The summed E-state index contributed by atoms with van der Waals surface area (Å²) in [7, 11) is -2.24. The highest BCUT2D eigenvalue weighted by atomic mass is 32.2. The lowest BCUT2D eigenvalue weighted by Gasteiger charge is -2.10. The summed E-state index contributed by atoms with van der Waals surface area (Å²) in [6.07, 6.45) is 1.40. The van der Waals surface area contributed by atoms with Gasteiger partial charge in [-0.2, -0.15) is 5.10 Å². The molecule has 5 aromatic rings. The zero-order chi connectivity index (χ0) is 28.4. The Bertz CT molecular complexity index is 1850. The first kappa shape index (κ1) is 26.8. The third-order valence-corrected chi connectivity index (χ3v) is 7.82. The SMILES string of the molecule is COc1ccc(Cn2nc(-c3cccc(NS(=O)(=O)c4ccccc4)c3)c3c(C(C)=O)c(C(C)=O)cnc32)cc1. The fourth-order valence-corrected chi connectivity index (χ4v) is 5.60. The van der Waals surface area contributed by atoms with Gasteiger partial charge in [-0.3, -0.25) is 14.3 Å². The molecule has 5 rings (SSSR count). The molecule has 0 bridgehead atoms. The number of nitrogens with zero attached hydrogens (tertiary/aromatic N) is 3. The number of ketones is 2. The molecule has 0 saturated carbocycles. The van der Waals surface area contributed by atoms with E-state index in [4.69, 9.17) is 9.84 Å². The Morgan fingerprint density at radius 1 is 0.925 bits per heavy atom. The number of hydrogen-bond acceptors (Lipinski definition) is 7. The van der Waals surface area contributed by atoms with Crippen LogP contribution in [0.25, 0.3) is 22.3 Å². The number of benzene rings is 3. The molecule has 0 atom stereocenters. The molecule has 2 aromatic heterocycles.